The maximum Gasteiger partial charge on any atom is 1.00 e. The molecule has 0 aliphatic rings. The number of hydrogen-bond donors (Lipinski definition) is 1. The van der Waals surface area contributed by atoms with Crippen molar-refractivity contribution in [2.24, 2.45) is 0 Å². The normalized spacial score (nSPS) is 11.2. The van der Waals surface area contributed by atoms with Crippen LogP contribution in [0.1, 0.15) is 50.0 Å². The van der Waals surface area contributed by atoms with Crippen molar-refractivity contribution in [1.82, 2.24) is 0 Å². The van der Waals surface area contributed by atoms with Gasteiger partial charge in [-0.25, -0.2) is 0 Å². The number of methoxy groups -OCH3 is 1. The molecular weight excluding hydrogens is 419 g/mol. The third-order valence-corrected chi connectivity index (χ3v) is 8.12. The van der Waals surface area contributed by atoms with Crippen molar-refractivity contribution in [3.05, 3.63) is 38.0 Å². The van der Waals surface area contributed by atoms with Gasteiger partial charge in [-0.05, 0) is 36.1 Å². The summed E-state index contributed by atoms with van der Waals surface area (Å²) in [5.41, 5.74) is 1.90. The molecule has 140 valence electrons. The first-order chi connectivity index (χ1) is 11.9. The van der Waals surface area contributed by atoms with Gasteiger partial charge in [0.1, 0.15) is 14.5 Å². The molecule has 1 aromatic carbocycles. The predicted molar refractivity (Wildman–Crippen MR) is 108 cm³/mol. The molecule has 2 rings (SSSR count). The van der Waals surface area contributed by atoms with Crippen LogP contribution in [-0.2, 0) is 23.0 Å². The molecule has 4 nitrogen and oxygen atoms in total. The molecule has 2 aromatic rings. The van der Waals surface area contributed by atoms with Gasteiger partial charge in [0.25, 0.3) is 10.1 Å². The molecule has 0 aliphatic carbocycles. The van der Waals surface area contributed by atoms with E-state index in [1.165, 1.54) is 37.3 Å². The van der Waals surface area contributed by atoms with Gasteiger partial charge in [0.2, 0.25) is 0 Å². The van der Waals surface area contributed by atoms with E-state index in [1.807, 2.05) is 6.07 Å². The Morgan fingerprint density at radius 3 is 2.58 bits per heavy atom. The molecule has 0 saturated heterocycles. The van der Waals surface area contributed by atoms with Crippen molar-refractivity contribution < 1.29 is 48.7 Å². The van der Waals surface area contributed by atoms with Gasteiger partial charge in [0, 0.05) is 11.3 Å². The quantitative estimate of drug-likeness (QED) is 0.213. The summed E-state index contributed by atoms with van der Waals surface area (Å²) in [7, 11) is 0.353. The summed E-state index contributed by atoms with van der Waals surface area (Å²) in [6, 6.07) is 4.84. The van der Waals surface area contributed by atoms with Crippen LogP contribution in [0.5, 0.6) is 5.75 Å². The van der Waals surface area contributed by atoms with E-state index >= 15 is 0 Å². The Hall–Kier alpha value is 0.200. The molecular formula is C17H23NaO4S4. The molecule has 0 unspecified atom stereocenters. The molecule has 0 atom stereocenters. The first-order valence-corrected chi connectivity index (χ1v) is 12.1. The van der Waals surface area contributed by atoms with Gasteiger partial charge in [-0.1, -0.05) is 65.2 Å². The summed E-state index contributed by atoms with van der Waals surface area (Å²) >= 11 is 5.47. The summed E-state index contributed by atoms with van der Waals surface area (Å²) in [6.07, 6.45) is 6.36. The third-order valence-electron chi connectivity index (χ3n) is 3.95. The largest absolute Gasteiger partial charge is 1.00 e. The van der Waals surface area contributed by atoms with Crippen LogP contribution in [0, 0.1) is 3.82 Å². The Kier molecular flexibility index (Phi) is 10.5. The van der Waals surface area contributed by atoms with Crippen molar-refractivity contribution in [1.29, 1.82) is 0 Å². The first kappa shape index (κ1) is 24.2. The van der Waals surface area contributed by atoms with Crippen LogP contribution in [0.2, 0.25) is 0 Å². The van der Waals surface area contributed by atoms with E-state index in [4.69, 9.17) is 17.0 Å². The number of benzene rings is 1. The summed E-state index contributed by atoms with van der Waals surface area (Å²) in [4.78, 5) is 1.08. The number of ether oxygens (including phenoxy) is 1. The fraction of sp³-hybridized carbons (Fsp3) is 0.471. The summed E-state index contributed by atoms with van der Waals surface area (Å²) in [6.45, 7) is 2.19. The second kappa shape index (κ2) is 11.3. The zero-order valence-electron chi connectivity index (χ0n) is 16.3. The maximum absolute atomic E-state index is 11.6. The maximum atomic E-state index is 11.6. The second-order valence-corrected chi connectivity index (χ2v) is 10.1. The van der Waals surface area contributed by atoms with E-state index in [-0.39, 0.29) is 41.6 Å². The molecule has 0 amide bonds. The molecule has 0 bridgehead atoms. The molecule has 0 spiro atoms. The molecule has 0 saturated carbocycles. The Morgan fingerprint density at radius 2 is 1.96 bits per heavy atom. The fourth-order valence-corrected chi connectivity index (χ4v) is 6.31. The fourth-order valence-electron chi connectivity index (χ4n) is 2.61. The van der Waals surface area contributed by atoms with Crippen LogP contribution >= 0.6 is 32.9 Å². The minimum Gasteiger partial charge on any atom is -1.00 e. The van der Waals surface area contributed by atoms with Crippen molar-refractivity contribution in [3.63, 3.8) is 0 Å². The van der Waals surface area contributed by atoms with Crippen LogP contribution in [-0.4, -0.2) is 20.1 Å². The molecule has 1 aromatic heterocycles. The van der Waals surface area contributed by atoms with Crippen molar-refractivity contribution in [3.8, 4) is 5.75 Å². The van der Waals surface area contributed by atoms with E-state index in [9.17, 15) is 13.0 Å². The van der Waals surface area contributed by atoms with E-state index < -0.39 is 10.1 Å². The summed E-state index contributed by atoms with van der Waals surface area (Å²) in [5.74, 6) is 0.137. The van der Waals surface area contributed by atoms with Gasteiger partial charge in [-0.3, -0.25) is 4.55 Å². The summed E-state index contributed by atoms with van der Waals surface area (Å²) in [5, 5.41) is 0. The Bertz CT molecular complexity index is 877. The smallest absolute Gasteiger partial charge is 1.00 e. The minimum atomic E-state index is -4.33. The van der Waals surface area contributed by atoms with Gasteiger partial charge < -0.3 is 6.16 Å². The van der Waals surface area contributed by atoms with Crippen LogP contribution in [0.15, 0.2) is 23.1 Å². The predicted octanol–water partition coefficient (Wildman–Crippen LogP) is 2.62. The van der Waals surface area contributed by atoms with E-state index in [1.54, 1.807) is 26.7 Å². The zero-order chi connectivity index (χ0) is 18.4. The molecule has 1 heterocycles. The Morgan fingerprint density at radius 1 is 1.23 bits per heavy atom. The van der Waals surface area contributed by atoms with Crippen molar-refractivity contribution in [2.75, 3.05) is 7.11 Å². The van der Waals surface area contributed by atoms with Crippen LogP contribution in [0.3, 0.4) is 0 Å². The van der Waals surface area contributed by atoms with Gasteiger partial charge in [-0.15, -0.1) is 0 Å². The van der Waals surface area contributed by atoms with Crippen molar-refractivity contribution >= 4 is 43.0 Å². The van der Waals surface area contributed by atoms with Crippen LogP contribution < -0.4 is 34.3 Å². The SMILES string of the molecule is CCCCCCc1ssc(=S)c1Cc1ccc(OC)c(S(=O)(=O)O)c1.[H-].[Na+]. The molecule has 1 N–H and O–H groups in total. The average molecular weight is 443 g/mol. The molecule has 0 aliphatic heterocycles. The molecule has 9 heteroatoms. The van der Waals surface area contributed by atoms with Crippen LogP contribution in [0.25, 0.3) is 0 Å². The number of rotatable bonds is 9. The van der Waals surface area contributed by atoms with E-state index in [2.05, 4.69) is 6.92 Å². The monoisotopic (exact) mass is 442 g/mol. The minimum absolute atomic E-state index is 0. The number of hydrogen-bond acceptors (Lipinski definition) is 6. The van der Waals surface area contributed by atoms with Crippen molar-refractivity contribution in [2.45, 2.75) is 50.3 Å². The van der Waals surface area contributed by atoms with Gasteiger partial charge in [0.05, 0.1) is 7.11 Å². The molecule has 0 fully saturated rings. The van der Waals surface area contributed by atoms with E-state index in [0.717, 1.165) is 27.8 Å². The first-order valence-electron chi connectivity index (χ1n) is 8.12. The zero-order valence-corrected chi connectivity index (χ0v) is 20.5. The Balaban J connectivity index is 0.00000338. The van der Waals surface area contributed by atoms with Crippen LogP contribution in [0.4, 0.5) is 0 Å². The standard InChI is InChI=1S/C17H22O4S4.Na.H/c1-3-4-5-6-7-15-13(17(22)24-23-15)10-12-8-9-14(21-2)16(11-12)25(18,19)20;;/h8-9,11H,3-7,10H2,1-2H3,(H,18,19,20);;/q;+1;-1. The number of unbranched alkanes of at least 4 members (excludes halogenated alkanes) is 3. The van der Waals surface area contributed by atoms with Gasteiger partial charge >= 0.3 is 29.6 Å². The summed E-state index contributed by atoms with van der Waals surface area (Å²) < 4.78 is 38.4. The van der Waals surface area contributed by atoms with Gasteiger partial charge in [-0.2, -0.15) is 8.42 Å². The van der Waals surface area contributed by atoms with Gasteiger partial charge in [0.15, 0.2) is 0 Å². The number of aryl methyl sites for hydroxylation is 1. The molecule has 26 heavy (non-hydrogen) atoms. The average Bonchev–Trinajstić information content (AvgIpc) is 2.91. The second-order valence-electron chi connectivity index (χ2n) is 5.80. The third kappa shape index (κ3) is 6.67. The topological polar surface area (TPSA) is 63.6 Å². The van der Waals surface area contributed by atoms with E-state index in [0.29, 0.717) is 6.42 Å². The Labute approximate surface area is 191 Å². The molecule has 0 radical (unpaired) electrons.